The highest BCUT2D eigenvalue weighted by Crippen LogP contribution is 2.38. The van der Waals surface area contributed by atoms with Gasteiger partial charge in [0.2, 0.25) is 6.79 Å². The Morgan fingerprint density at radius 2 is 2.00 bits per heavy atom. The molecule has 2 aromatic carbocycles. The van der Waals surface area contributed by atoms with Crippen LogP contribution in [-0.2, 0) is 4.79 Å². The van der Waals surface area contributed by atoms with Crippen molar-refractivity contribution in [2.24, 2.45) is 4.99 Å². The van der Waals surface area contributed by atoms with E-state index >= 15 is 0 Å². The third-order valence-corrected chi connectivity index (χ3v) is 5.35. The Bertz CT molecular complexity index is 975. The lowest BCUT2D eigenvalue weighted by Crippen LogP contribution is -2.25. The molecule has 0 aliphatic carbocycles. The van der Waals surface area contributed by atoms with E-state index < -0.39 is 0 Å². The molecule has 0 spiro atoms. The first kappa shape index (κ1) is 16.9. The predicted molar refractivity (Wildman–Crippen MR) is 107 cm³/mol. The molecule has 5 nitrogen and oxygen atoms in total. The van der Waals surface area contributed by atoms with Crippen LogP contribution in [0, 0.1) is 3.57 Å². The average molecular weight is 532 g/mol. The summed E-state index contributed by atoms with van der Waals surface area (Å²) in [5.74, 6) is 1.46. The molecule has 4 rings (SSSR count). The van der Waals surface area contributed by atoms with Crippen LogP contribution in [0.1, 0.15) is 11.1 Å². The number of hydrogen-bond acceptors (Lipinski definition) is 4. The molecule has 0 aromatic heterocycles. The lowest BCUT2D eigenvalue weighted by Gasteiger charge is -2.03. The Morgan fingerprint density at radius 3 is 2.80 bits per heavy atom. The minimum atomic E-state index is -0.283. The number of hydrogen-bond donors (Lipinski definition) is 1. The third kappa shape index (κ3) is 3.28. The molecule has 2 aliphatic heterocycles. The molecule has 1 N–H and O–H groups in total. The largest absolute Gasteiger partial charge is 0.454 e. The van der Waals surface area contributed by atoms with E-state index in [1.165, 1.54) is 0 Å². The van der Waals surface area contributed by atoms with Gasteiger partial charge in [-0.25, -0.2) is 4.99 Å². The van der Waals surface area contributed by atoms with Gasteiger partial charge in [-0.15, -0.1) is 0 Å². The molecule has 126 valence electrons. The highest BCUT2D eigenvalue weighted by molar-refractivity contribution is 14.1. The van der Waals surface area contributed by atoms with E-state index in [4.69, 9.17) is 21.1 Å². The molecular weight excluding hydrogens is 522 g/mol. The van der Waals surface area contributed by atoms with Crippen LogP contribution in [0.15, 0.2) is 45.5 Å². The van der Waals surface area contributed by atoms with Gasteiger partial charge < -0.3 is 14.8 Å². The van der Waals surface area contributed by atoms with E-state index in [1.54, 1.807) is 18.2 Å². The van der Waals surface area contributed by atoms with Crippen LogP contribution in [0.5, 0.6) is 11.5 Å². The average Bonchev–Trinajstić information content (AvgIpc) is 3.17. The van der Waals surface area contributed by atoms with E-state index in [1.807, 2.05) is 18.2 Å². The van der Waals surface area contributed by atoms with Crippen molar-refractivity contribution < 1.29 is 14.3 Å². The summed E-state index contributed by atoms with van der Waals surface area (Å²) in [6, 6.07) is 9.16. The molecule has 2 aliphatic rings. The van der Waals surface area contributed by atoms with Gasteiger partial charge in [0.05, 0.1) is 5.02 Å². The quantitative estimate of drug-likeness (QED) is 0.463. The summed E-state index contributed by atoms with van der Waals surface area (Å²) in [7, 11) is 0. The minimum absolute atomic E-state index is 0.190. The van der Waals surface area contributed by atoms with Crippen LogP contribution in [0.2, 0.25) is 5.02 Å². The van der Waals surface area contributed by atoms with Crippen LogP contribution in [0.25, 0.3) is 6.08 Å². The van der Waals surface area contributed by atoms with Gasteiger partial charge in [0.25, 0.3) is 5.91 Å². The summed E-state index contributed by atoms with van der Waals surface area (Å²) < 4.78 is 12.5. The fourth-order valence-electron chi connectivity index (χ4n) is 2.47. The molecule has 0 radical (unpaired) electrons. The first-order valence-electron chi connectivity index (χ1n) is 7.17. The molecule has 0 unspecified atom stereocenters. The summed E-state index contributed by atoms with van der Waals surface area (Å²) in [5.41, 5.74) is 1.76. The van der Waals surface area contributed by atoms with Crippen molar-refractivity contribution in [3.8, 4) is 11.5 Å². The fourth-order valence-corrected chi connectivity index (χ4v) is 3.60. The number of amidine groups is 1. The standard InChI is InChI=1S/C17H9BrClIN2O3/c18-11-6-15-14(24-7-25-15)4-8(11)3-13-17(23)22-16(21-13)10-5-9(20)1-2-12(10)19/h1-6H,7H2,(H,21,22,23)/b13-3+. The summed E-state index contributed by atoms with van der Waals surface area (Å²) in [4.78, 5) is 16.7. The summed E-state index contributed by atoms with van der Waals surface area (Å²) in [6.45, 7) is 0.190. The third-order valence-electron chi connectivity index (χ3n) is 3.66. The predicted octanol–water partition coefficient (Wildman–Crippen LogP) is 4.35. The monoisotopic (exact) mass is 530 g/mol. The second-order valence-electron chi connectivity index (χ2n) is 5.30. The zero-order valence-electron chi connectivity index (χ0n) is 12.5. The highest BCUT2D eigenvalue weighted by atomic mass is 127. The zero-order valence-corrected chi connectivity index (χ0v) is 17.0. The van der Waals surface area contributed by atoms with Gasteiger partial charge >= 0.3 is 0 Å². The molecular formula is C17H9BrClIN2O3. The number of rotatable bonds is 2. The number of halogens is 3. The van der Waals surface area contributed by atoms with Crippen LogP contribution >= 0.6 is 50.1 Å². The zero-order chi connectivity index (χ0) is 17.6. The molecule has 8 heteroatoms. The van der Waals surface area contributed by atoms with Crippen molar-refractivity contribution in [3.63, 3.8) is 0 Å². The molecule has 0 fully saturated rings. The van der Waals surface area contributed by atoms with Crippen molar-refractivity contribution in [1.29, 1.82) is 0 Å². The smallest absolute Gasteiger partial charge is 0.275 e. The number of amides is 1. The van der Waals surface area contributed by atoms with Gasteiger partial charge in [0.15, 0.2) is 11.5 Å². The van der Waals surface area contributed by atoms with E-state index in [0.29, 0.717) is 33.6 Å². The number of carbonyl (C=O) groups is 1. The molecule has 25 heavy (non-hydrogen) atoms. The molecule has 0 saturated heterocycles. The lowest BCUT2D eigenvalue weighted by atomic mass is 10.1. The second-order valence-corrected chi connectivity index (χ2v) is 7.80. The van der Waals surface area contributed by atoms with Gasteiger partial charge in [0.1, 0.15) is 11.5 Å². The van der Waals surface area contributed by atoms with Crippen LogP contribution in [0.4, 0.5) is 0 Å². The number of fused-ring (bicyclic) bond motifs is 1. The molecule has 1 amide bonds. The van der Waals surface area contributed by atoms with Crippen molar-refractivity contribution in [2.45, 2.75) is 0 Å². The summed E-state index contributed by atoms with van der Waals surface area (Å²) in [6.07, 6.45) is 1.69. The van der Waals surface area contributed by atoms with Gasteiger partial charge in [-0.05, 0) is 64.6 Å². The van der Waals surface area contributed by atoms with Crippen molar-refractivity contribution >= 4 is 67.9 Å². The molecule has 0 atom stereocenters. The normalized spacial score (nSPS) is 17.0. The minimum Gasteiger partial charge on any atom is -0.454 e. The SMILES string of the molecule is O=C1NC(c2cc(I)ccc2Cl)=N/C1=C/c1cc2c(cc1Br)OCO2. The maximum atomic E-state index is 12.3. The van der Waals surface area contributed by atoms with Crippen molar-refractivity contribution in [3.05, 3.63) is 60.2 Å². The Morgan fingerprint density at radius 1 is 1.24 bits per heavy atom. The Labute approximate surface area is 170 Å². The number of ether oxygens (including phenoxy) is 2. The number of nitrogens with one attached hydrogen (secondary N) is 1. The first-order valence-corrected chi connectivity index (χ1v) is 9.42. The maximum Gasteiger partial charge on any atom is 0.275 e. The Hall–Kier alpha value is -1.58. The molecule has 2 heterocycles. The van der Waals surface area contributed by atoms with E-state index in [2.05, 4.69) is 48.8 Å². The number of aliphatic imine (C=N–C) groups is 1. The fraction of sp³-hybridized carbons (Fsp3) is 0.0588. The van der Waals surface area contributed by atoms with Crippen LogP contribution in [0.3, 0.4) is 0 Å². The topological polar surface area (TPSA) is 59.9 Å². The maximum absolute atomic E-state index is 12.3. The number of nitrogens with zero attached hydrogens (tertiary/aromatic N) is 1. The van der Waals surface area contributed by atoms with Crippen LogP contribution < -0.4 is 14.8 Å². The Balaban J connectivity index is 1.73. The van der Waals surface area contributed by atoms with E-state index in [9.17, 15) is 4.79 Å². The van der Waals surface area contributed by atoms with E-state index in [-0.39, 0.29) is 12.7 Å². The number of benzene rings is 2. The highest BCUT2D eigenvalue weighted by Gasteiger charge is 2.24. The second kappa shape index (κ2) is 6.62. The van der Waals surface area contributed by atoms with E-state index in [0.717, 1.165) is 13.6 Å². The number of carbonyl (C=O) groups excluding carboxylic acids is 1. The van der Waals surface area contributed by atoms with Gasteiger partial charge in [-0.3, -0.25) is 4.79 Å². The van der Waals surface area contributed by atoms with Crippen LogP contribution in [-0.4, -0.2) is 18.5 Å². The molecule has 2 aromatic rings. The van der Waals surface area contributed by atoms with Gasteiger partial charge in [-0.2, -0.15) is 0 Å². The molecule has 0 saturated carbocycles. The van der Waals surface area contributed by atoms with Gasteiger partial charge in [0, 0.05) is 13.6 Å². The lowest BCUT2D eigenvalue weighted by molar-refractivity contribution is -0.115. The summed E-state index contributed by atoms with van der Waals surface area (Å²) >= 11 is 11.9. The first-order chi connectivity index (χ1) is 12.0. The van der Waals surface area contributed by atoms with Crippen molar-refractivity contribution in [2.75, 3.05) is 6.79 Å². The Kier molecular flexibility index (Phi) is 4.47. The summed E-state index contributed by atoms with van der Waals surface area (Å²) in [5, 5.41) is 3.30. The van der Waals surface area contributed by atoms with Gasteiger partial charge in [-0.1, -0.05) is 27.5 Å². The molecule has 0 bridgehead atoms. The van der Waals surface area contributed by atoms with Crippen molar-refractivity contribution in [1.82, 2.24) is 5.32 Å².